The zero-order chi connectivity index (χ0) is 95.7. The summed E-state index contributed by atoms with van der Waals surface area (Å²) in [5, 5.41) is 14.1. The minimum atomic E-state index is -0.433. The van der Waals surface area contributed by atoms with Crippen LogP contribution in [0.15, 0.2) is 522 Å². The van der Waals surface area contributed by atoms with Gasteiger partial charge in [0, 0.05) is 183 Å². The Hall–Kier alpha value is -17.0. The fraction of sp³-hybridized carbons (Fsp3) is 0. The van der Waals surface area contributed by atoms with Gasteiger partial charge in [-0.15, -0.1) is 45.3 Å². The molecule has 0 aliphatic heterocycles. The second-order valence-corrected chi connectivity index (χ2v) is 38.7. The molecule has 652 valence electrons. The van der Waals surface area contributed by atoms with Crippen LogP contribution in [0.1, 0.15) is 6.85 Å². The third-order valence-electron chi connectivity index (χ3n) is 26.0. The van der Waals surface area contributed by atoms with Crippen LogP contribution in [0.3, 0.4) is 0 Å². The zero-order valence-electron chi connectivity index (χ0n) is 79.6. The van der Waals surface area contributed by atoms with E-state index < -0.39 is 6.04 Å². The number of nitrogens with zero attached hydrogens (tertiary/aromatic N) is 6. The van der Waals surface area contributed by atoms with Gasteiger partial charge in [0.2, 0.25) is 0 Å². The molecule has 0 N–H and O–H groups in total. The second-order valence-electron chi connectivity index (χ2n) is 34.4. The minimum absolute atomic E-state index is 0.0851. The van der Waals surface area contributed by atoms with Crippen LogP contribution < -0.4 is 29.4 Å². The van der Waals surface area contributed by atoms with Crippen molar-refractivity contribution in [3.8, 4) is 22.3 Å². The molecule has 10 heteroatoms. The number of thiophene rings is 4. The third kappa shape index (κ3) is 15.9. The maximum atomic E-state index is 9.30. The van der Waals surface area contributed by atoms with Crippen LogP contribution in [0.2, 0.25) is 0 Å². The summed E-state index contributed by atoms with van der Waals surface area (Å²) < 4.78 is 54.1. The highest BCUT2D eigenvalue weighted by Crippen LogP contribution is 2.52. The molecule has 0 aliphatic rings. The summed E-state index contributed by atoms with van der Waals surface area (Å²) in [4.78, 5) is 13.5. The van der Waals surface area contributed by atoms with Crippen LogP contribution >= 0.6 is 45.3 Å². The number of rotatable bonds is 20. The highest BCUT2D eigenvalue weighted by Gasteiger charge is 2.25. The molecule has 0 aliphatic carbocycles. The Balaban J connectivity index is 0.000000151. The van der Waals surface area contributed by atoms with Crippen molar-refractivity contribution in [2.75, 3.05) is 29.4 Å². The van der Waals surface area contributed by atoms with Crippen LogP contribution in [-0.4, -0.2) is 0 Å². The Morgan fingerprint density at radius 1 is 0.130 bits per heavy atom. The highest BCUT2D eigenvalue weighted by molar-refractivity contribution is 7.27. The van der Waals surface area contributed by atoms with Crippen LogP contribution in [0, 0.1) is 0 Å². The molecule has 0 saturated heterocycles. The average molecular weight is 1840 g/mol. The second kappa shape index (κ2) is 36.1. The van der Waals surface area contributed by atoms with Gasteiger partial charge in [-0.2, -0.15) is 0 Å². The van der Waals surface area contributed by atoms with Crippen LogP contribution in [0.4, 0.5) is 102 Å². The Morgan fingerprint density at radius 3 is 0.630 bits per heavy atom. The number of anilines is 18. The van der Waals surface area contributed by atoms with E-state index in [2.05, 4.69) is 479 Å². The van der Waals surface area contributed by atoms with Crippen LogP contribution in [0.25, 0.3) is 124 Å². The summed E-state index contributed by atoms with van der Waals surface area (Å²) in [7, 11) is 0. The summed E-state index contributed by atoms with van der Waals surface area (Å²) in [5.74, 6) is 0. The normalized spacial score (nSPS) is 12.0. The number of fused-ring (bicyclic) bond motifs is 14. The summed E-state index contributed by atoms with van der Waals surface area (Å²) in [6, 6.07) is 173. The number of hydrogen-bond acceptors (Lipinski definition) is 10. The molecule has 0 fully saturated rings. The van der Waals surface area contributed by atoms with Gasteiger partial charge in [-0.05, 0) is 286 Å². The Kier molecular flexibility index (Phi) is 20.3. The molecule has 4 heterocycles. The first-order valence-electron chi connectivity index (χ1n) is 48.7. The van der Waals surface area contributed by atoms with E-state index in [1.807, 2.05) is 64.0 Å². The van der Waals surface area contributed by atoms with Crippen molar-refractivity contribution >= 4 is 250 Å². The summed E-state index contributed by atoms with van der Waals surface area (Å²) in [6.45, 7) is 0. The first-order chi connectivity index (χ1) is 70.4. The van der Waals surface area contributed by atoms with Gasteiger partial charge in [0.15, 0.2) is 0 Å². The van der Waals surface area contributed by atoms with Crippen molar-refractivity contribution in [3.05, 3.63) is 522 Å². The fourth-order valence-corrected chi connectivity index (χ4v) is 24.0. The van der Waals surface area contributed by atoms with E-state index in [0.29, 0.717) is 11.4 Å². The number of para-hydroxylation sites is 6. The minimum Gasteiger partial charge on any atom is -0.310 e. The summed E-state index contributed by atoms with van der Waals surface area (Å²) in [5.41, 5.74) is 22.5. The molecule has 0 radical (unpaired) electrons. The fourth-order valence-electron chi connectivity index (χ4n) is 19.5. The van der Waals surface area contributed by atoms with E-state index in [0.717, 1.165) is 137 Å². The molecule has 0 bridgehead atoms. The van der Waals surface area contributed by atoms with Gasteiger partial charge in [-0.1, -0.05) is 279 Å². The first kappa shape index (κ1) is 77.5. The predicted octanol–water partition coefficient (Wildman–Crippen LogP) is 39.3. The lowest BCUT2D eigenvalue weighted by molar-refractivity contribution is 1.29. The topological polar surface area (TPSA) is 19.4 Å². The molecule has 0 saturated carbocycles. The van der Waals surface area contributed by atoms with Gasteiger partial charge >= 0.3 is 0 Å². The van der Waals surface area contributed by atoms with Crippen molar-refractivity contribution in [1.29, 1.82) is 0 Å². The van der Waals surface area contributed by atoms with Crippen molar-refractivity contribution in [2.45, 2.75) is 0 Å². The summed E-state index contributed by atoms with van der Waals surface area (Å²) >= 11 is 7.12. The molecular formula is C128H86N6S4. The van der Waals surface area contributed by atoms with Gasteiger partial charge < -0.3 is 29.4 Å². The Morgan fingerprint density at radius 2 is 0.333 bits per heavy atom. The monoisotopic (exact) mass is 1840 g/mol. The molecule has 0 spiro atoms. The highest BCUT2D eigenvalue weighted by atomic mass is 32.1. The SMILES string of the molecule is [2H]c1c([2H])c([2H])c(N(c2ccc3sc4cc(N(c5ccccc5)c5ccc(-c6ccccc6)cc5)ccc4c3c2)c2ccc3sc4cc(N(c5ccccc5)c5ccc(-c6ccccc6)cc5)ccc4c3c2)c([2H])c1[2H].c1ccc(N(c2ccccc2)c2ccc3c(c2)sc2ccc(N(c4ccccc4)c4ccc5sc6cc(N(c7ccc8ccccc8c7)c7ccc8ccccc8c7)ccc6c5c4)cc23)cc1. The van der Waals surface area contributed by atoms with Crippen molar-refractivity contribution in [2.24, 2.45) is 0 Å². The Bertz CT molecular complexity index is 8930. The van der Waals surface area contributed by atoms with E-state index in [1.165, 1.54) is 73.0 Å². The van der Waals surface area contributed by atoms with E-state index in [4.69, 9.17) is 4.11 Å². The van der Waals surface area contributed by atoms with E-state index in [-0.39, 0.29) is 29.9 Å². The smallest absolute Gasteiger partial charge is 0.0645 e. The van der Waals surface area contributed by atoms with Gasteiger partial charge in [-0.3, -0.25) is 0 Å². The zero-order valence-corrected chi connectivity index (χ0v) is 77.8. The molecule has 22 aromatic carbocycles. The quantitative estimate of drug-likeness (QED) is 0.0752. The third-order valence-corrected chi connectivity index (χ3v) is 30.6. The van der Waals surface area contributed by atoms with Crippen LogP contribution in [-0.2, 0) is 0 Å². The molecule has 26 aromatic rings. The molecule has 4 aromatic heterocycles. The first-order valence-corrected chi connectivity index (χ1v) is 49.5. The molecule has 6 nitrogen and oxygen atoms in total. The van der Waals surface area contributed by atoms with Crippen molar-refractivity contribution < 1.29 is 6.85 Å². The van der Waals surface area contributed by atoms with E-state index in [9.17, 15) is 2.74 Å². The van der Waals surface area contributed by atoms with E-state index in [1.54, 1.807) is 22.7 Å². The van der Waals surface area contributed by atoms with Gasteiger partial charge in [0.25, 0.3) is 0 Å². The van der Waals surface area contributed by atoms with Crippen LogP contribution in [0.5, 0.6) is 0 Å². The molecule has 0 unspecified atom stereocenters. The average Bonchev–Trinajstić information content (AvgIpc) is 1.71. The van der Waals surface area contributed by atoms with Gasteiger partial charge in [-0.25, -0.2) is 0 Å². The molecule has 0 atom stereocenters. The largest absolute Gasteiger partial charge is 0.310 e. The standard InChI is InChI=1S/C66H45N3S2.C62H41N3S2/c1-6-16-46(17-7-1)48-26-30-53(31-27-48)67(50-20-10-3-11-21-50)57-34-38-59-61-42-55(36-40-63(61)70-65(59)44-57)69(52-24-14-5-15-25-52)56-37-41-64-62(43-56)60-39-35-58(45-66(60)71-64)68(51-22-12-4-13-23-51)54-32-28-49(29-33-54)47-18-8-2-9-19-47;1-4-18-46(19-5-1)63(47-20-6-2-7-21-47)53-28-32-55-57-38-51(30-34-59(57)66-61(55)40-53)64(48-22-8-3-9-23-48)52-31-35-60-58(39-52)56-33-29-54(41-62(56)67-60)65(49-26-24-42-14-10-12-16-44(42)36-49)50-27-25-43-15-11-13-17-45(43)37-50/h1-45H;1-41H/i5D,14D,15D,24D,25D;. The Labute approximate surface area is 823 Å². The molecule has 26 rings (SSSR count). The van der Waals surface area contributed by atoms with Crippen molar-refractivity contribution in [3.63, 3.8) is 0 Å². The lowest BCUT2D eigenvalue weighted by atomic mass is 10.0. The maximum Gasteiger partial charge on any atom is 0.0645 e. The molecule has 138 heavy (non-hydrogen) atoms. The van der Waals surface area contributed by atoms with Gasteiger partial charge in [0.05, 0.1) is 6.85 Å². The lowest BCUT2D eigenvalue weighted by Crippen LogP contribution is -2.10. The predicted molar refractivity (Wildman–Crippen MR) is 598 cm³/mol. The van der Waals surface area contributed by atoms with Gasteiger partial charge in [0.1, 0.15) is 0 Å². The van der Waals surface area contributed by atoms with Crippen molar-refractivity contribution in [1.82, 2.24) is 0 Å². The van der Waals surface area contributed by atoms with E-state index >= 15 is 0 Å². The molecular weight excluding hydrogens is 1750 g/mol. The number of hydrogen-bond donors (Lipinski definition) is 0. The number of benzene rings is 22. The summed E-state index contributed by atoms with van der Waals surface area (Å²) in [6.07, 6.45) is 0. The molecule has 0 amide bonds. The lowest BCUT2D eigenvalue weighted by Gasteiger charge is -2.26. The maximum absolute atomic E-state index is 9.30.